The van der Waals surface area contributed by atoms with Crippen molar-refractivity contribution in [2.24, 2.45) is 0 Å². The van der Waals surface area contributed by atoms with Gasteiger partial charge in [0.05, 0.1) is 12.7 Å². The minimum Gasteiger partial charge on any atom is -0.465 e. The zero-order valence-corrected chi connectivity index (χ0v) is 16.7. The van der Waals surface area contributed by atoms with E-state index in [0.717, 1.165) is 11.3 Å². The van der Waals surface area contributed by atoms with Crippen LogP contribution in [0, 0.1) is 6.92 Å². The van der Waals surface area contributed by atoms with E-state index in [0.29, 0.717) is 29.2 Å². The molecular weight excluding hydrogens is 366 g/mol. The Bertz CT molecular complexity index is 1030. The van der Waals surface area contributed by atoms with E-state index in [4.69, 9.17) is 4.74 Å². The highest BCUT2D eigenvalue weighted by molar-refractivity contribution is 6.05. The normalized spacial score (nSPS) is 10.3. The minimum absolute atomic E-state index is 0.176. The van der Waals surface area contributed by atoms with Crippen molar-refractivity contribution in [2.45, 2.75) is 13.8 Å². The van der Waals surface area contributed by atoms with Gasteiger partial charge in [-0.3, -0.25) is 9.78 Å². The fourth-order valence-corrected chi connectivity index (χ4v) is 3.01. The molecule has 1 heterocycles. The highest BCUT2D eigenvalue weighted by Crippen LogP contribution is 2.21. The molecule has 29 heavy (non-hydrogen) atoms. The van der Waals surface area contributed by atoms with Crippen LogP contribution < -0.4 is 10.2 Å². The summed E-state index contributed by atoms with van der Waals surface area (Å²) < 4.78 is 4.75. The lowest BCUT2D eigenvalue weighted by molar-refractivity contribution is 0.0600. The summed E-state index contributed by atoms with van der Waals surface area (Å²) in [6, 6.07) is 18.2. The molecule has 0 aliphatic rings. The number of aromatic nitrogens is 1. The summed E-state index contributed by atoms with van der Waals surface area (Å²) in [4.78, 5) is 30.7. The predicted molar refractivity (Wildman–Crippen MR) is 114 cm³/mol. The molecule has 6 heteroatoms. The van der Waals surface area contributed by atoms with Crippen LogP contribution in [0.15, 0.2) is 66.9 Å². The molecule has 6 nitrogen and oxygen atoms in total. The first kappa shape index (κ1) is 20.1. The average Bonchev–Trinajstić information content (AvgIpc) is 2.74. The Balaban J connectivity index is 1.83. The fourth-order valence-electron chi connectivity index (χ4n) is 3.01. The number of rotatable bonds is 6. The number of pyridine rings is 1. The first-order valence-electron chi connectivity index (χ1n) is 9.32. The number of carbonyl (C=O) groups is 2. The van der Waals surface area contributed by atoms with Crippen molar-refractivity contribution in [3.8, 4) is 0 Å². The Kier molecular flexibility index (Phi) is 6.24. The van der Waals surface area contributed by atoms with Crippen molar-refractivity contribution in [1.29, 1.82) is 0 Å². The smallest absolute Gasteiger partial charge is 0.337 e. The largest absolute Gasteiger partial charge is 0.465 e. The van der Waals surface area contributed by atoms with Gasteiger partial charge in [0.2, 0.25) is 0 Å². The molecule has 0 atom stereocenters. The molecule has 0 saturated carbocycles. The van der Waals surface area contributed by atoms with Crippen LogP contribution in [0.25, 0.3) is 0 Å². The minimum atomic E-state index is -0.406. The number of hydrogen-bond donors (Lipinski definition) is 1. The standard InChI is InChI=1S/C23H23N3O3/c1-4-26(20-10-5-7-16(2)13-20)22(27)21-15-19(11-12-24-21)25-18-9-6-8-17(14-18)23(28)29-3/h5-15H,4H2,1-3H3,(H,24,25). The van der Waals surface area contributed by atoms with Crippen molar-refractivity contribution < 1.29 is 14.3 Å². The van der Waals surface area contributed by atoms with Crippen molar-refractivity contribution in [2.75, 3.05) is 23.9 Å². The molecule has 1 N–H and O–H groups in total. The zero-order valence-electron chi connectivity index (χ0n) is 16.7. The van der Waals surface area contributed by atoms with Crippen LogP contribution >= 0.6 is 0 Å². The lowest BCUT2D eigenvalue weighted by Gasteiger charge is -2.21. The Morgan fingerprint density at radius 2 is 1.79 bits per heavy atom. The molecule has 0 spiro atoms. The number of anilines is 3. The molecule has 1 aromatic heterocycles. The predicted octanol–water partition coefficient (Wildman–Crippen LogP) is 4.59. The second kappa shape index (κ2) is 9.01. The summed E-state index contributed by atoms with van der Waals surface area (Å²) in [7, 11) is 1.34. The van der Waals surface area contributed by atoms with E-state index in [1.54, 1.807) is 41.4 Å². The third-order valence-corrected chi connectivity index (χ3v) is 4.43. The molecule has 0 fully saturated rings. The second-order valence-corrected chi connectivity index (χ2v) is 6.52. The topological polar surface area (TPSA) is 71.5 Å². The lowest BCUT2D eigenvalue weighted by Crippen LogP contribution is -2.31. The molecule has 148 valence electrons. The highest BCUT2D eigenvalue weighted by Gasteiger charge is 2.18. The van der Waals surface area contributed by atoms with E-state index in [1.807, 2.05) is 44.2 Å². The first-order chi connectivity index (χ1) is 14.0. The molecule has 2 aromatic carbocycles. The lowest BCUT2D eigenvalue weighted by atomic mass is 10.2. The van der Waals surface area contributed by atoms with Gasteiger partial charge in [-0.05, 0) is 61.9 Å². The van der Waals surface area contributed by atoms with Crippen LogP contribution in [0.5, 0.6) is 0 Å². The van der Waals surface area contributed by atoms with Gasteiger partial charge in [0, 0.05) is 29.8 Å². The summed E-state index contributed by atoms with van der Waals surface area (Å²) in [5, 5.41) is 3.21. The van der Waals surface area contributed by atoms with E-state index in [9.17, 15) is 9.59 Å². The molecule has 0 saturated heterocycles. The molecule has 1 amide bonds. The van der Waals surface area contributed by atoms with Crippen molar-refractivity contribution >= 4 is 28.9 Å². The van der Waals surface area contributed by atoms with Gasteiger partial charge >= 0.3 is 5.97 Å². The molecule has 0 aliphatic carbocycles. The Labute approximate surface area is 170 Å². The third kappa shape index (κ3) is 4.79. The molecule has 3 aromatic rings. The maximum absolute atomic E-state index is 13.0. The van der Waals surface area contributed by atoms with Crippen LogP contribution in [0.2, 0.25) is 0 Å². The Hall–Kier alpha value is -3.67. The Morgan fingerprint density at radius 1 is 1.03 bits per heavy atom. The quantitative estimate of drug-likeness (QED) is 0.625. The Morgan fingerprint density at radius 3 is 2.52 bits per heavy atom. The van der Waals surface area contributed by atoms with Crippen LogP contribution in [-0.4, -0.2) is 30.5 Å². The van der Waals surface area contributed by atoms with E-state index in [1.165, 1.54) is 7.11 Å². The second-order valence-electron chi connectivity index (χ2n) is 6.52. The number of hydrogen-bond acceptors (Lipinski definition) is 5. The van der Waals surface area contributed by atoms with Gasteiger partial charge < -0.3 is 15.0 Å². The van der Waals surface area contributed by atoms with Gasteiger partial charge in [0.15, 0.2) is 0 Å². The number of ether oxygens (including phenoxy) is 1. The number of amides is 1. The van der Waals surface area contributed by atoms with Crippen molar-refractivity contribution in [3.05, 3.63) is 83.7 Å². The fraction of sp³-hybridized carbons (Fsp3) is 0.174. The number of nitrogens with one attached hydrogen (secondary N) is 1. The number of nitrogens with zero attached hydrogens (tertiary/aromatic N) is 2. The van der Waals surface area contributed by atoms with E-state index in [-0.39, 0.29) is 5.91 Å². The van der Waals surface area contributed by atoms with Crippen molar-refractivity contribution in [3.63, 3.8) is 0 Å². The van der Waals surface area contributed by atoms with Crippen molar-refractivity contribution in [1.82, 2.24) is 4.98 Å². The van der Waals surface area contributed by atoms with Crippen LogP contribution in [-0.2, 0) is 4.74 Å². The monoisotopic (exact) mass is 389 g/mol. The van der Waals surface area contributed by atoms with E-state index >= 15 is 0 Å². The summed E-state index contributed by atoms with van der Waals surface area (Å²) in [6.45, 7) is 4.45. The maximum Gasteiger partial charge on any atom is 0.337 e. The molecule has 0 aliphatic heterocycles. The number of aryl methyl sites for hydroxylation is 1. The average molecular weight is 389 g/mol. The maximum atomic E-state index is 13.0. The van der Waals surface area contributed by atoms with Gasteiger partial charge in [-0.2, -0.15) is 0 Å². The number of benzene rings is 2. The summed E-state index contributed by atoms with van der Waals surface area (Å²) in [6.07, 6.45) is 1.59. The van der Waals surface area contributed by atoms with Gasteiger partial charge in [-0.25, -0.2) is 4.79 Å². The van der Waals surface area contributed by atoms with Gasteiger partial charge in [0.1, 0.15) is 5.69 Å². The van der Waals surface area contributed by atoms with Crippen LogP contribution in [0.1, 0.15) is 33.3 Å². The molecule has 0 unspecified atom stereocenters. The summed E-state index contributed by atoms with van der Waals surface area (Å²) >= 11 is 0. The molecular formula is C23H23N3O3. The highest BCUT2D eigenvalue weighted by atomic mass is 16.5. The van der Waals surface area contributed by atoms with Crippen LogP contribution in [0.3, 0.4) is 0 Å². The third-order valence-electron chi connectivity index (χ3n) is 4.43. The van der Waals surface area contributed by atoms with E-state index < -0.39 is 5.97 Å². The number of esters is 1. The zero-order chi connectivity index (χ0) is 20.8. The number of carbonyl (C=O) groups excluding carboxylic acids is 2. The molecule has 0 bridgehead atoms. The summed E-state index contributed by atoms with van der Waals surface area (Å²) in [5.41, 5.74) is 4.11. The SMILES string of the molecule is CCN(C(=O)c1cc(Nc2cccc(C(=O)OC)c2)ccn1)c1cccc(C)c1. The van der Waals surface area contributed by atoms with Gasteiger partial charge in [0.25, 0.3) is 5.91 Å². The van der Waals surface area contributed by atoms with E-state index in [2.05, 4.69) is 10.3 Å². The summed E-state index contributed by atoms with van der Waals surface area (Å²) in [5.74, 6) is -0.582. The first-order valence-corrected chi connectivity index (χ1v) is 9.32. The number of methoxy groups -OCH3 is 1. The van der Waals surface area contributed by atoms with Gasteiger partial charge in [-0.15, -0.1) is 0 Å². The molecule has 3 rings (SSSR count). The molecule has 0 radical (unpaired) electrons. The van der Waals surface area contributed by atoms with Crippen LogP contribution in [0.4, 0.5) is 17.1 Å². The van der Waals surface area contributed by atoms with Gasteiger partial charge in [-0.1, -0.05) is 18.2 Å².